The van der Waals surface area contributed by atoms with Gasteiger partial charge in [0, 0.05) is 43.7 Å². The monoisotopic (exact) mass is 420 g/mol. The maximum Gasteiger partial charge on any atom is 0.227 e. The molecule has 8 heteroatoms. The Morgan fingerprint density at radius 2 is 2.00 bits per heavy atom. The molecule has 1 amide bonds. The molecule has 0 bridgehead atoms. The van der Waals surface area contributed by atoms with Crippen LogP contribution < -0.4 is 15.0 Å². The third-order valence-corrected chi connectivity index (χ3v) is 6.38. The Morgan fingerprint density at radius 3 is 2.84 bits per heavy atom. The van der Waals surface area contributed by atoms with E-state index in [0.29, 0.717) is 0 Å². The highest BCUT2D eigenvalue weighted by molar-refractivity contribution is 5.93. The highest BCUT2D eigenvalue weighted by Crippen LogP contribution is 2.30. The maximum atomic E-state index is 12.8. The van der Waals surface area contributed by atoms with Gasteiger partial charge in [-0.05, 0) is 37.8 Å². The Kier molecular flexibility index (Phi) is 5.44. The number of ether oxygens (including phenoxy) is 1. The fraction of sp³-hybridized carbons (Fsp3) is 0.478. The van der Waals surface area contributed by atoms with Gasteiger partial charge in [-0.2, -0.15) is 0 Å². The number of benzene rings is 1. The SMILES string of the molecule is COc1cccc(NC(=O)C2CCN(c3ncnc4c3nc3n4CCCCC3)CC2)c1. The molecule has 162 valence electrons. The van der Waals surface area contributed by atoms with Gasteiger partial charge in [0.2, 0.25) is 5.91 Å². The first-order valence-electron chi connectivity index (χ1n) is 11.1. The van der Waals surface area contributed by atoms with E-state index in [0.717, 1.165) is 73.1 Å². The second-order valence-corrected chi connectivity index (χ2v) is 8.34. The molecule has 2 aliphatic heterocycles. The Labute approximate surface area is 181 Å². The fourth-order valence-electron chi connectivity index (χ4n) is 4.66. The van der Waals surface area contributed by atoms with Crippen molar-refractivity contribution in [2.24, 2.45) is 5.92 Å². The van der Waals surface area contributed by atoms with Crippen molar-refractivity contribution in [2.75, 3.05) is 30.4 Å². The predicted molar refractivity (Wildman–Crippen MR) is 119 cm³/mol. The van der Waals surface area contributed by atoms with E-state index in [-0.39, 0.29) is 11.8 Å². The minimum atomic E-state index is -0.0153. The zero-order valence-electron chi connectivity index (χ0n) is 17.9. The van der Waals surface area contributed by atoms with E-state index < -0.39 is 0 Å². The second kappa shape index (κ2) is 8.53. The summed E-state index contributed by atoms with van der Waals surface area (Å²) in [7, 11) is 1.62. The van der Waals surface area contributed by atoms with Crippen LogP contribution in [0.4, 0.5) is 11.5 Å². The number of piperidine rings is 1. The molecule has 31 heavy (non-hydrogen) atoms. The molecule has 3 aromatic rings. The number of amides is 1. The van der Waals surface area contributed by atoms with E-state index in [2.05, 4.69) is 24.8 Å². The number of nitrogens with zero attached hydrogens (tertiary/aromatic N) is 5. The van der Waals surface area contributed by atoms with Crippen molar-refractivity contribution in [2.45, 2.75) is 45.1 Å². The van der Waals surface area contributed by atoms with Gasteiger partial charge in [-0.25, -0.2) is 15.0 Å². The van der Waals surface area contributed by atoms with Gasteiger partial charge in [-0.3, -0.25) is 4.79 Å². The van der Waals surface area contributed by atoms with Gasteiger partial charge < -0.3 is 19.5 Å². The van der Waals surface area contributed by atoms with Gasteiger partial charge in [0.15, 0.2) is 17.0 Å². The van der Waals surface area contributed by atoms with Crippen LogP contribution in [0.2, 0.25) is 0 Å². The predicted octanol–water partition coefficient (Wildman–Crippen LogP) is 3.42. The lowest BCUT2D eigenvalue weighted by Crippen LogP contribution is -2.38. The molecule has 8 nitrogen and oxygen atoms in total. The molecule has 0 spiro atoms. The number of carbonyl (C=O) groups is 1. The van der Waals surface area contributed by atoms with Crippen molar-refractivity contribution in [3.63, 3.8) is 0 Å². The first-order chi connectivity index (χ1) is 15.2. The standard InChI is InChI=1S/C23H28N6O2/c1-31-18-7-5-6-17(14-18)26-23(30)16-9-12-28(13-10-16)21-20-22(25-15-24-21)29-11-4-2-3-8-19(29)27-20/h5-7,14-16H,2-4,8-13H2,1H3,(H,26,30). The number of imidazole rings is 1. The number of methoxy groups -OCH3 is 1. The van der Waals surface area contributed by atoms with Gasteiger partial charge in [0.05, 0.1) is 7.11 Å². The second-order valence-electron chi connectivity index (χ2n) is 8.34. The molecule has 0 aliphatic carbocycles. The highest BCUT2D eigenvalue weighted by atomic mass is 16.5. The van der Waals surface area contributed by atoms with Crippen LogP contribution in [0, 0.1) is 5.92 Å². The van der Waals surface area contributed by atoms with Gasteiger partial charge in [-0.15, -0.1) is 0 Å². The van der Waals surface area contributed by atoms with Crippen molar-refractivity contribution in [3.05, 3.63) is 36.4 Å². The number of aryl methyl sites for hydroxylation is 2. The molecular formula is C23H28N6O2. The van der Waals surface area contributed by atoms with Crippen LogP contribution in [0.1, 0.15) is 37.9 Å². The number of carbonyl (C=O) groups excluding carboxylic acids is 1. The first-order valence-corrected chi connectivity index (χ1v) is 11.1. The van der Waals surface area contributed by atoms with Crippen LogP contribution in [0.5, 0.6) is 5.75 Å². The molecule has 5 rings (SSSR count). The quantitative estimate of drug-likeness (QED) is 0.696. The van der Waals surface area contributed by atoms with E-state index in [1.54, 1.807) is 13.4 Å². The number of aromatic nitrogens is 4. The van der Waals surface area contributed by atoms with Crippen molar-refractivity contribution in [3.8, 4) is 5.75 Å². The van der Waals surface area contributed by atoms with Gasteiger partial charge in [0.25, 0.3) is 0 Å². The van der Waals surface area contributed by atoms with Crippen LogP contribution in [0.15, 0.2) is 30.6 Å². The van der Waals surface area contributed by atoms with Gasteiger partial charge in [0.1, 0.15) is 17.9 Å². The summed E-state index contributed by atoms with van der Waals surface area (Å²) >= 11 is 0. The van der Waals surface area contributed by atoms with Crippen LogP contribution in [-0.2, 0) is 17.8 Å². The molecule has 0 radical (unpaired) electrons. The van der Waals surface area contributed by atoms with Gasteiger partial charge in [-0.1, -0.05) is 12.5 Å². The maximum absolute atomic E-state index is 12.8. The summed E-state index contributed by atoms with van der Waals surface area (Å²) in [6.45, 7) is 2.55. The fourth-order valence-corrected chi connectivity index (χ4v) is 4.66. The Morgan fingerprint density at radius 1 is 1.13 bits per heavy atom. The molecule has 2 aromatic heterocycles. The normalized spacial score (nSPS) is 17.3. The average Bonchev–Trinajstić information content (AvgIpc) is 3.00. The summed E-state index contributed by atoms with van der Waals surface area (Å²) in [5, 5.41) is 3.03. The Hall–Kier alpha value is -3.16. The third-order valence-electron chi connectivity index (χ3n) is 6.38. The Bertz CT molecular complexity index is 1090. The summed E-state index contributed by atoms with van der Waals surface area (Å²) < 4.78 is 7.51. The topological polar surface area (TPSA) is 85.2 Å². The third kappa shape index (κ3) is 3.94. The molecule has 4 heterocycles. The van der Waals surface area contributed by atoms with E-state index in [1.807, 2.05) is 24.3 Å². The van der Waals surface area contributed by atoms with Crippen LogP contribution in [0.3, 0.4) is 0 Å². The lowest BCUT2D eigenvalue weighted by molar-refractivity contribution is -0.120. The smallest absolute Gasteiger partial charge is 0.227 e. The largest absolute Gasteiger partial charge is 0.497 e. The summed E-state index contributed by atoms with van der Waals surface area (Å²) in [5.41, 5.74) is 2.61. The van der Waals surface area contributed by atoms with Crippen molar-refractivity contribution < 1.29 is 9.53 Å². The lowest BCUT2D eigenvalue weighted by Gasteiger charge is -2.32. The van der Waals surface area contributed by atoms with Crippen molar-refractivity contribution in [1.29, 1.82) is 0 Å². The van der Waals surface area contributed by atoms with Crippen LogP contribution in [0.25, 0.3) is 11.2 Å². The summed E-state index contributed by atoms with van der Waals surface area (Å²) in [4.78, 5) is 29.1. The molecular weight excluding hydrogens is 392 g/mol. The van der Waals surface area contributed by atoms with E-state index in [1.165, 1.54) is 19.3 Å². The zero-order valence-corrected chi connectivity index (χ0v) is 17.9. The number of nitrogens with one attached hydrogen (secondary N) is 1. The van der Waals surface area contributed by atoms with Crippen molar-refractivity contribution >= 4 is 28.6 Å². The van der Waals surface area contributed by atoms with Crippen molar-refractivity contribution in [1.82, 2.24) is 19.5 Å². The minimum Gasteiger partial charge on any atom is -0.497 e. The van der Waals surface area contributed by atoms with E-state index >= 15 is 0 Å². The molecule has 2 aliphatic rings. The molecule has 1 fully saturated rings. The molecule has 1 saturated heterocycles. The van der Waals surface area contributed by atoms with Crippen LogP contribution in [-0.4, -0.2) is 45.6 Å². The number of hydrogen-bond acceptors (Lipinski definition) is 6. The molecule has 0 atom stereocenters. The Balaban J connectivity index is 1.28. The molecule has 0 saturated carbocycles. The summed E-state index contributed by atoms with van der Waals surface area (Å²) in [6.07, 6.45) is 7.82. The molecule has 1 aromatic carbocycles. The number of rotatable bonds is 4. The molecule has 0 unspecified atom stereocenters. The highest BCUT2D eigenvalue weighted by Gasteiger charge is 2.28. The first kappa shape index (κ1) is 19.8. The number of hydrogen-bond donors (Lipinski definition) is 1. The van der Waals surface area contributed by atoms with E-state index in [4.69, 9.17) is 9.72 Å². The van der Waals surface area contributed by atoms with Gasteiger partial charge >= 0.3 is 0 Å². The average molecular weight is 421 g/mol. The number of fused-ring (bicyclic) bond motifs is 3. The summed E-state index contributed by atoms with van der Waals surface area (Å²) in [6, 6.07) is 7.47. The molecule has 1 N–H and O–H groups in total. The van der Waals surface area contributed by atoms with Crippen LogP contribution >= 0.6 is 0 Å². The lowest BCUT2D eigenvalue weighted by atomic mass is 9.95. The zero-order chi connectivity index (χ0) is 21.2. The number of anilines is 2. The minimum absolute atomic E-state index is 0.0153. The van der Waals surface area contributed by atoms with E-state index in [9.17, 15) is 4.79 Å². The summed E-state index contributed by atoms with van der Waals surface area (Å²) in [5.74, 6) is 2.81.